The largest absolute Gasteiger partial charge is 0.492 e. The van der Waals surface area contributed by atoms with E-state index < -0.39 is 10.2 Å². The average Bonchev–Trinajstić information content (AvgIpc) is 2.71. The predicted molar refractivity (Wildman–Crippen MR) is 110 cm³/mol. The van der Waals surface area contributed by atoms with Gasteiger partial charge in [-0.1, -0.05) is 24.3 Å². The van der Waals surface area contributed by atoms with E-state index in [1.54, 1.807) is 18.2 Å². The van der Waals surface area contributed by atoms with Crippen LogP contribution in [0.5, 0.6) is 5.75 Å². The summed E-state index contributed by atoms with van der Waals surface area (Å²) in [5, 5.41) is 0. The highest BCUT2D eigenvalue weighted by Gasteiger charge is 2.27. The maximum absolute atomic E-state index is 12.7. The number of anilines is 1. The van der Waals surface area contributed by atoms with Gasteiger partial charge in [-0.2, -0.15) is 8.42 Å². The van der Waals surface area contributed by atoms with Crippen molar-refractivity contribution < 1.29 is 17.9 Å². The van der Waals surface area contributed by atoms with Gasteiger partial charge in [0.05, 0.1) is 17.9 Å². The highest BCUT2D eigenvalue weighted by molar-refractivity contribution is 7.91. The lowest BCUT2D eigenvalue weighted by Gasteiger charge is -2.33. The van der Waals surface area contributed by atoms with Crippen LogP contribution < -0.4 is 15.2 Å². The van der Waals surface area contributed by atoms with Crippen LogP contribution in [0, 0.1) is 5.92 Å². The smallest absolute Gasteiger partial charge is 0.344 e. The van der Waals surface area contributed by atoms with Crippen molar-refractivity contribution in [1.82, 2.24) is 4.90 Å². The molecule has 0 saturated carbocycles. The van der Waals surface area contributed by atoms with Gasteiger partial charge in [-0.25, -0.2) is 0 Å². The average molecular weight is 414 g/mol. The van der Waals surface area contributed by atoms with Gasteiger partial charge in [0.1, 0.15) is 5.75 Å². The van der Waals surface area contributed by atoms with Crippen molar-refractivity contribution in [3.8, 4) is 5.75 Å². The van der Waals surface area contributed by atoms with E-state index in [-0.39, 0.29) is 17.7 Å². The third kappa shape index (κ3) is 4.19. The summed E-state index contributed by atoms with van der Waals surface area (Å²) < 4.78 is 35.2. The number of carbonyl (C=O) groups is 1. The first-order chi connectivity index (χ1) is 13.9. The van der Waals surface area contributed by atoms with Gasteiger partial charge in [0.25, 0.3) is 5.91 Å². The maximum Gasteiger partial charge on any atom is 0.344 e. The molecule has 2 aromatic rings. The number of rotatable bonds is 4. The lowest BCUT2D eigenvalue weighted by Crippen LogP contribution is -2.41. The molecule has 0 aromatic heterocycles. The number of amides is 1. The molecule has 1 amide bonds. The number of carbonyl (C=O) groups excluding carboxylic acids is 1. The van der Waals surface area contributed by atoms with Gasteiger partial charge in [0, 0.05) is 24.6 Å². The van der Waals surface area contributed by atoms with Crippen molar-refractivity contribution in [2.45, 2.75) is 12.8 Å². The van der Waals surface area contributed by atoms with Crippen LogP contribution in [0.25, 0.3) is 0 Å². The Morgan fingerprint density at radius 1 is 1.21 bits per heavy atom. The minimum absolute atomic E-state index is 0.0261. The highest BCUT2D eigenvalue weighted by atomic mass is 32.2. The normalized spacial score (nSPS) is 20.2. The first-order valence-electron chi connectivity index (χ1n) is 9.41. The minimum atomic E-state index is -3.83. The Labute approximate surface area is 169 Å². The van der Waals surface area contributed by atoms with Crippen LogP contribution in [0.4, 0.5) is 5.69 Å². The number of nitrogens with zero attached hydrogens (tertiary/aromatic N) is 2. The van der Waals surface area contributed by atoms with Crippen molar-refractivity contribution >= 4 is 27.6 Å². The third-order valence-electron chi connectivity index (χ3n) is 5.04. The molecule has 1 fully saturated rings. The number of hydrogen-bond donors (Lipinski definition) is 2. The van der Waals surface area contributed by atoms with E-state index >= 15 is 0 Å². The van der Waals surface area contributed by atoms with E-state index in [0.29, 0.717) is 35.7 Å². The molecular weight excluding hydrogens is 392 g/mol. The molecule has 2 heterocycles. The molecule has 2 aliphatic rings. The van der Waals surface area contributed by atoms with Crippen LogP contribution in [0.15, 0.2) is 52.9 Å². The van der Waals surface area contributed by atoms with Crippen molar-refractivity contribution in [2.75, 3.05) is 24.4 Å². The standard InChI is InChI=1S/C20H22N4O4S/c21-19-18-16(22-29(26,27)23-19)9-4-10-17(18)28-13-14-6-5-11-24(12-14)20(25)15-7-2-1-3-8-15/h1-4,7-10,14,22H,5-6,11-13H2,(H2,21,23)/t14-/m0/s1. The Bertz CT molecular complexity index is 1050. The van der Waals surface area contributed by atoms with Crippen LogP contribution in [-0.4, -0.2) is 44.8 Å². The van der Waals surface area contributed by atoms with Crippen molar-refractivity contribution in [2.24, 2.45) is 16.0 Å². The summed E-state index contributed by atoms with van der Waals surface area (Å²) in [6, 6.07) is 14.3. The third-order valence-corrected chi connectivity index (χ3v) is 5.96. The van der Waals surface area contributed by atoms with Gasteiger partial charge in [-0.15, -0.1) is 4.40 Å². The summed E-state index contributed by atoms with van der Waals surface area (Å²) in [6.45, 7) is 1.74. The number of piperidine rings is 1. The summed E-state index contributed by atoms with van der Waals surface area (Å²) in [7, 11) is -3.83. The maximum atomic E-state index is 12.7. The summed E-state index contributed by atoms with van der Waals surface area (Å²) in [5.41, 5.74) is 7.33. The molecule has 2 aliphatic heterocycles. The number of nitrogens with one attached hydrogen (secondary N) is 1. The number of fused-ring (bicyclic) bond motifs is 1. The fourth-order valence-electron chi connectivity index (χ4n) is 3.69. The second-order valence-corrected chi connectivity index (χ2v) is 8.51. The molecule has 0 spiro atoms. The Hall–Kier alpha value is -3.07. The van der Waals surface area contributed by atoms with Crippen LogP contribution >= 0.6 is 0 Å². The number of ether oxygens (including phenoxy) is 1. The van der Waals surface area contributed by atoms with Gasteiger partial charge in [-0.3, -0.25) is 9.52 Å². The van der Waals surface area contributed by atoms with Crippen LogP contribution in [0.2, 0.25) is 0 Å². The Kier molecular flexibility index (Phi) is 5.14. The molecule has 1 atom stereocenters. The van der Waals surface area contributed by atoms with Crippen LogP contribution in [0.1, 0.15) is 28.8 Å². The quantitative estimate of drug-likeness (QED) is 0.794. The van der Waals surface area contributed by atoms with E-state index in [2.05, 4.69) is 9.12 Å². The van der Waals surface area contributed by atoms with E-state index in [1.165, 1.54) is 0 Å². The molecule has 4 rings (SSSR count). The number of amidine groups is 1. The second kappa shape index (κ2) is 7.75. The number of likely N-dealkylation sites (tertiary alicyclic amines) is 1. The van der Waals surface area contributed by atoms with Gasteiger partial charge in [0.15, 0.2) is 5.84 Å². The van der Waals surface area contributed by atoms with Crippen molar-refractivity contribution in [3.05, 3.63) is 59.7 Å². The second-order valence-electron chi connectivity index (χ2n) is 7.17. The van der Waals surface area contributed by atoms with E-state index in [4.69, 9.17) is 10.5 Å². The molecular formula is C20H22N4O4S. The topological polar surface area (TPSA) is 114 Å². The Morgan fingerprint density at radius 2 is 2.00 bits per heavy atom. The van der Waals surface area contributed by atoms with Crippen LogP contribution in [0.3, 0.4) is 0 Å². The molecule has 0 aliphatic carbocycles. The fraction of sp³-hybridized carbons (Fsp3) is 0.300. The zero-order valence-corrected chi connectivity index (χ0v) is 16.6. The molecule has 9 heteroatoms. The molecule has 0 unspecified atom stereocenters. The van der Waals surface area contributed by atoms with E-state index in [1.807, 2.05) is 35.2 Å². The van der Waals surface area contributed by atoms with Gasteiger partial charge in [-0.05, 0) is 37.1 Å². The van der Waals surface area contributed by atoms with Crippen molar-refractivity contribution in [1.29, 1.82) is 0 Å². The number of hydrogen-bond acceptors (Lipinski definition) is 5. The number of benzene rings is 2. The fourth-order valence-corrected chi connectivity index (χ4v) is 4.54. The van der Waals surface area contributed by atoms with Crippen LogP contribution in [-0.2, 0) is 10.2 Å². The summed E-state index contributed by atoms with van der Waals surface area (Å²) in [4.78, 5) is 14.6. The molecule has 29 heavy (non-hydrogen) atoms. The Morgan fingerprint density at radius 3 is 2.79 bits per heavy atom. The summed E-state index contributed by atoms with van der Waals surface area (Å²) in [5.74, 6) is 0.570. The first kappa shape index (κ1) is 19.3. The minimum Gasteiger partial charge on any atom is -0.492 e. The van der Waals surface area contributed by atoms with Crippen molar-refractivity contribution in [3.63, 3.8) is 0 Å². The zero-order valence-electron chi connectivity index (χ0n) is 15.7. The van der Waals surface area contributed by atoms with Gasteiger partial charge >= 0.3 is 10.2 Å². The monoisotopic (exact) mass is 414 g/mol. The lowest BCUT2D eigenvalue weighted by atomic mass is 9.98. The lowest BCUT2D eigenvalue weighted by molar-refractivity contribution is 0.0633. The van der Waals surface area contributed by atoms with Gasteiger partial charge in [0.2, 0.25) is 0 Å². The molecule has 3 N–H and O–H groups in total. The number of nitrogens with two attached hydrogens (primary N) is 1. The van der Waals surface area contributed by atoms with Gasteiger partial charge < -0.3 is 15.4 Å². The SMILES string of the molecule is NC1=NS(=O)(=O)Nc2cccc(OC[C@H]3CCCN(C(=O)c4ccccc4)C3)c21. The van der Waals surface area contributed by atoms with E-state index in [0.717, 1.165) is 19.4 Å². The summed E-state index contributed by atoms with van der Waals surface area (Å²) >= 11 is 0. The molecule has 0 bridgehead atoms. The molecule has 8 nitrogen and oxygen atoms in total. The summed E-state index contributed by atoms with van der Waals surface area (Å²) in [6.07, 6.45) is 1.85. The van der Waals surface area contributed by atoms with E-state index in [9.17, 15) is 13.2 Å². The Balaban J connectivity index is 1.44. The molecule has 1 saturated heterocycles. The molecule has 152 valence electrons. The molecule has 2 aromatic carbocycles. The zero-order chi connectivity index (χ0) is 20.4. The predicted octanol–water partition coefficient (Wildman–Crippen LogP) is 1.99. The highest BCUT2D eigenvalue weighted by Crippen LogP contribution is 2.31. The first-order valence-corrected chi connectivity index (χ1v) is 10.9. The molecule has 0 radical (unpaired) electrons.